The first-order chi connectivity index (χ1) is 24.0. The molecule has 50 heavy (non-hydrogen) atoms. The van der Waals surface area contributed by atoms with E-state index in [0.717, 1.165) is 56.1 Å². The van der Waals surface area contributed by atoms with E-state index in [1.807, 2.05) is 37.3 Å². The van der Waals surface area contributed by atoms with Gasteiger partial charge in [0, 0.05) is 55.3 Å². The van der Waals surface area contributed by atoms with Gasteiger partial charge in [-0.05, 0) is 101 Å². The van der Waals surface area contributed by atoms with Crippen molar-refractivity contribution in [1.29, 1.82) is 0 Å². The molecule has 2 aromatic carbocycles. The maximum Gasteiger partial charge on any atom is 0.238 e. The molecule has 2 heterocycles. The van der Waals surface area contributed by atoms with Gasteiger partial charge >= 0.3 is 0 Å². The van der Waals surface area contributed by atoms with Crippen LogP contribution < -0.4 is 16.0 Å². The lowest BCUT2D eigenvalue weighted by atomic mass is 9.73. The number of sulfonamides is 1. The smallest absolute Gasteiger partial charge is 0.238 e. The number of halogens is 1. The summed E-state index contributed by atoms with van der Waals surface area (Å²) in [6.45, 7) is 11.4. The van der Waals surface area contributed by atoms with Crippen LogP contribution in [0.1, 0.15) is 89.7 Å². The van der Waals surface area contributed by atoms with Gasteiger partial charge in [0.1, 0.15) is 0 Å². The molecular formula is C39H59ClN4O5S. The second-order valence-electron chi connectivity index (χ2n) is 15.2. The number of ether oxygens (including phenoxy) is 2. The van der Waals surface area contributed by atoms with Crippen LogP contribution in [0.3, 0.4) is 0 Å². The minimum absolute atomic E-state index is 0.0116. The van der Waals surface area contributed by atoms with Gasteiger partial charge in [-0.3, -0.25) is 4.79 Å². The van der Waals surface area contributed by atoms with E-state index in [1.54, 1.807) is 11.2 Å². The summed E-state index contributed by atoms with van der Waals surface area (Å²) in [5, 5.41) is 11.3. The zero-order valence-corrected chi connectivity index (χ0v) is 32.0. The molecule has 11 heteroatoms. The van der Waals surface area contributed by atoms with Crippen molar-refractivity contribution in [3.63, 3.8) is 0 Å². The first-order valence-corrected chi connectivity index (χ1v) is 20.7. The summed E-state index contributed by atoms with van der Waals surface area (Å²) in [6.07, 6.45) is 6.37. The van der Waals surface area contributed by atoms with Gasteiger partial charge < -0.3 is 25.4 Å². The molecule has 0 bridgehead atoms. The zero-order chi connectivity index (χ0) is 35.7. The monoisotopic (exact) mass is 730 g/mol. The molecule has 2 saturated heterocycles. The molecule has 7 atom stereocenters. The summed E-state index contributed by atoms with van der Waals surface area (Å²) >= 11 is 6.35. The second-order valence-corrected chi connectivity index (χ2v) is 17.9. The molecule has 2 aliphatic heterocycles. The zero-order valence-electron chi connectivity index (χ0n) is 30.4. The molecule has 0 radical (unpaired) electrons. The van der Waals surface area contributed by atoms with Crippen LogP contribution in [0.5, 0.6) is 0 Å². The summed E-state index contributed by atoms with van der Waals surface area (Å²) in [4.78, 5) is 14.6. The van der Waals surface area contributed by atoms with Crippen LogP contribution in [0.2, 0.25) is 5.02 Å². The molecule has 1 amide bonds. The van der Waals surface area contributed by atoms with Gasteiger partial charge in [0.25, 0.3) is 0 Å². The van der Waals surface area contributed by atoms with Crippen LogP contribution in [0.15, 0.2) is 54.6 Å². The molecule has 2 aromatic rings. The van der Waals surface area contributed by atoms with Crippen molar-refractivity contribution in [2.24, 2.45) is 11.8 Å². The van der Waals surface area contributed by atoms with Gasteiger partial charge in [-0.25, -0.2) is 8.42 Å². The van der Waals surface area contributed by atoms with Crippen LogP contribution in [0.25, 0.3) is 0 Å². The fraction of sp³-hybridized carbons (Fsp3) is 0.667. The number of carbonyl (C=O) groups excluding carboxylic acids is 1. The van der Waals surface area contributed by atoms with E-state index in [0.29, 0.717) is 50.4 Å². The normalized spacial score (nSPS) is 27.1. The van der Waals surface area contributed by atoms with Crippen LogP contribution >= 0.6 is 11.6 Å². The minimum Gasteiger partial charge on any atom is -0.376 e. The lowest BCUT2D eigenvalue weighted by Gasteiger charge is -2.42. The maximum atomic E-state index is 14.6. The van der Waals surface area contributed by atoms with Crippen LogP contribution in [-0.2, 0) is 30.9 Å². The Kier molecular flexibility index (Phi) is 14.2. The number of piperazine rings is 1. The van der Waals surface area contributed by atoms with Crippen LogP contribution in [-0.4, -0.2) is 87.0 Å². The summed E-state index contributed by atoms with van der Waals surface area (Å²) in [5.41, 5.74) is 1.93. The second kappa shape index (κ2) is 18.1. The number of hydrogen-bond donors (Lipinski definition) is 3. The molecule has 5 rings (SSSR count). The van der Waals surface area contributed by atoms with E-state index < -0.39 is 16.1 Å². The fourth-order valence-corrected chi connectivity index (χ4v) is 9.91. The number of benzene rings is 2. The Morgan fingerprint density at radius 2 is 1.86 bits per heavy atom. The molecule has 278 valence electrons. The number of nitrogens with zero attached hydrogens (tertiary/aromatic N) is 1. The number of carbonyl (C=O) groups is 1. The lowest BCUT2D eigenvalue weighted by molar-refractivity contribution is -0.126. The Bertz CT molecular complexity index is 1460. The molecule has 7 unspecified atom stereocenters. The van der Waals surface area contributed by atoms with Gasteiger partial charge in [-0.15, -0.1) is 0 Å². The third-order valence-corrected chi connectivity index (χ3v) is 13.1. The number of amides is 1. The van der Waals surface area contributed by atoms with Crippen molar-refractivity contribution in [3.8, 4) is 0 Å². The molecule has 1 aliphatic carbocycles. The summed E-state index contributed by atoms with van der Waals surface area (Å²) < 4.78 is 39.8. The quantitative estimate of drug-likeness (QED) is 0.185. The van der Waals surface area contributed by atoms with Crippen molar-refractivity contribution in [2.45, 2.75) is 115 Å². The minimum atomic E-state index is -3.29. The summed E-state index contributed by atoms with van der Waals surface area (Å²) in [6, 6.07) is 17.7. The first kappa shape index (κ1) is 39.2. The van der Waals surface area contributed by atoms with Crippen molar-refractivity contribution in [1.82, 2.24) is 20.3 Å². The highest BCUT2D eigenvalue weighted by molar-refractivity contribution is 7.89. The lowest BCUT2D eigenvalue weighted by Crippen LogP contribution is -2.57. The maximum absolute atomic E-state index is 14.6. The molecule has 1 saturated carbocycles. The molecule has 3 aliphatic rings. The van der Waals surface area contributed by atoms with Gasteiger partial charge in [0.15, 0.2) is 0 Å². The van der Waals surface area contributed by atoms with E-state index in [4.69, 9.17) is 21.1 Å². The average Bonchev–Trinajstić information content (AvgIpc) is 3.54. The van der Waals surface area contributed by atoms with Gasteiger partial charge in [0.05, 0.1) is 30.6 Å². The Labute approximate surface area is 305 Å². The third kappa shape index (κ3) is 10.7. The molecular weight excluding hydrogens is 672 g/mol. The number of hydrogen-bond acceptors (Lipinski definition) is 7. The van der Waals surface area contributed by atoms with Gasteiger partial charge in [-0.2, -0.15) is 4.31 Å². The van der Waals surface area contributed by atoms with Crippen molar-refractivity contribution in [2.75, 3.05) is 38.6 Å². The third-order valence-electron chi connectivity index (χ3n) is 11.0. The van der Waals surface area contributed by atoms with E-state index in [9.17, 15) is 13.2 Å². The highest BCUT2D eigenvalue weighted by Crippen LogP contribution is 2.41. The Morgan fingerprint density at radius 1 is 1.10 bits per heavy atom. The molecule has 3 N–H and O–H groups in total. The van der Waals surface area contributed by atoms with E-state index >= 15 is 0 Å². The number of rotatable bonds is 16. The van der Waals surface area contributed by atoms with Crippen molar-refractivity contribution in [3.05, 3.63) is 70.7 Å². The Morgan fingerprint density at radius 3 is 2.58 bits per heavy atom. The topological polar surface area (TPSA) is 109 Å². The van der Waals surface area contributed by atoms with Gasteiger partial charge in [-0.1, -0.05) is 60.5 Å². The van der Waals surface area contributed by atoms with E-state index in [2.05, 4.69) is 54.1 Å². The van der Waals surface area contributed by atoms with Crippen LogP contribution in [0, 0.1) is 11.8 Å². The standard InChI is InChI=1S/C39H59ClN4O5S/c1-5-50(46,47)44-26-28(2)42-25-34(44)19-16-30-12-9-13-35(30)43-38(45)37(41-21-23-48-27-29-10-7-6-8-11-29)36(31-14-17-33(40)18-15-31)32-20-22-49-39(3,4)24-32/h6-8,10-11,14-15,17-18,28,30,32,34-37,41-42H,5,9,12-13,16,19-27H2,1-4H3,(H,43,45). The molecule has 9 nitrogen and oxygen atoms in total. The molecule has 3 fully saturated rings. The number of nitrogens with one attached hydrogen (secondary N) is 3. The largest absolute Gasteiger partial charge is 0.376 e. The summed E-state index contributed by atoms with van der Waals surface area (Å²) in [7, 11) is -3.29. The summed E-state index contributed by atoms with van der Waals surface area (Å²) in [5.74, 6) is 0.559. The van der Waals surface area contributed by atoms with E-state index in [1.165, 1.54) is 0 Å². The molecule has 0 aromatic heterocycles. The first-order valence-electron chi connectivity index (χ1n) is 18.7. The van der Waals surface area contributed by atoms with Crippen LogP contribution in [0.4, 0.5) is 0 Å². The predicted molar refractivity (Wildman–Crippen MR) is 201 cm³/mol. The Hall–Kier alpha value is -2.05. The van der Waals surface area contributed by atoms with E-state index in [-0.39, 0.29) is 47.2 Å². The van der Waals surface area contributed by atoms with Crippen molar-refractivity contribution < 1.29 is 22.7 Å². The average molecular weight is 731 g/mol. The molecule has 0 spiro atoms. The SMILES string of the molecule is CCS(=O)(=O)N1CC(C)NCC1CCC1CCCC1NC(=O)C(NCCOCc1ccccc1)C(c1ccc(Cl)cc1)C1CCOC(C)(C)C1. The highest BCUT2D eigenvalue weighted by Gasteiger charge is 2.42. The van der Waals surface area contributed by atoms with Gasteiger partial charge in [0.2, 0.25) is 15.9 Å². The van der Waals surface area contributed by atoms with Crippen molar-refractivity contribution >= 4 is 27.5 Å². The highest BCUT2D eigenvalue weighted by atomic mass is 35.5. The fourth-order valence-electron chi connectivity index (χ4n) is 8.37. The predicted octanol–water partition coefficient (Wildman–Crippen LogP) is 5.88. The Balaban J connectivity index is 1.31.